The molecule has 2 heterocycles. The maximum absolute atomic E-state index is 12.9. The van der Waals surface area contributed by atoms with E-state index >= 15 is 0 Å². The minimum absolute atomic E-state index is 0.104. The lowest BCUT2D eigenvalue weighted by Gasteiger charge is -2.17. The maximum atomic E-state index is 12.9. The molecule has 140 valence electrons. The molecule has 2 unspecified atom stereocenters. The van der Waals surface area contributed by atoms with Gasteiger partial charge >= 0.3 is 6.03 Å². The summed E-state index contributed by atoms with van der Waals surface area (Å²) in [5.74, 6) is -0.541. The number of sulfone groups is 1. The van der Waals surface area contributed by atoms with E-state index in [0.717, 1.165) is 10.4 Å². The zero-order valence-electron chi connectivity index (χ0n) is 13.9. The summed E-state index contributed by atoms with van der Waals surface area (Å²) in [6.07, 6.45) is 1.66. The lowest BCUT2D eigenvalue weighted by molar-refractivity contribution is 0.102. The molecule has 0 bridgehead atoms. The Bertz CT molecular complexity index is 883. The van der Waals surface area contributed by atoms with Crippen LogP contribution < -0.4 is 10.6 Å². The number of thiazole rings is 1. The molecular formula is C16H18FN3O4S2. The number of halogens is 1. The van der Waals surface area contributed by atoms with E-state index in [-0.39, 0.29) is 17.3 Å². The molecule has 1 aromatic heterocycles. The number of carbonyl (C=O) groups is 1. The van der Waals surface area contributed by atoms with Crippen LogP contribution in [0.5, 0.6) is 0 Å². The normalized spacial score (nSPS) is 21.5. The number of nitrogens with one attached hydrogen (secondary N) is 2. The maximum Gasteiger partial charge on any atom is 0.321 e. The number of aromatic nitrogens is 1. The molecule has 0 radical (unpaired) electrons. The Kier molecular flexibility index (Phi) is 5.54. The molecule has 1 saturated heterocycles. The largest absolute Gasteiger partial charge is 0.378 e. The van der Waals surface area contributed by atoms with Crippen LogP contribution in [0.15, 0.2) is 30.5 Å². The number of hydrogen-bond acceptors (Lipinski definition) is 6. The summed E-state index contributed by atoms with van der Waals surface area (Å²) in [6.45, 7) is 0. The third kappa shape index (κ3) is 4.77. The summed E-state index contributed by atoms with van der Waals surface area (Å²) < 4.78 is 41.4. The Labute approximate surface area is 154 Å². The average Bonchev–Trinajstić information content (AvgIpc) is 3.12. The molecule has 2 N–H and O–H groups in total. The van der Waals surface area contributed by atoms with E-state index in [2.05, 4.69) is 15.6 Å². The number of hydrogen-bond donors (Lipinski definition) is 2. The Morgan fingerprint density at radius 2 is 2.08 bits per heavy atom. The highest BCUT2D eigenvalue weighted by Crippen LogP contribution is 2.22. The molecule has 26 heavy (non-hydrogen) atoms. The highest BCUT2D eigenvalue weighted by atomic mass is 32.2. The summed E-state index contributed by atoms with van der Waals surface area (Å²) in [6, 6.07) is 5.05. The van der Waals surface area contributed by atoms with Crippen LogP contribution >= 0.6 is 11.3 Å². The first kappa shape index (κ1) is 18.7. The highest BCUT2D eigenvalue weighted by molar-refractivity contribution is 7.91. The van der Waals surface area contributed by atoms with Crippen LogP contribution in [0, 0.1) is 5.82 Å². The average molecular weight is 399 g/mol. The zero-order valence-corrected chi connectivity index (χ0v) is 15.6. The van der Waals surface area contributed by atoms with Crippen LogP contribution in [0.1, 0.15) is 10.4 Å². The lowest BCUT2D eigenvalue weighted by atomic mass is 10.1. The fourth-order valence-corrected chi connectivity index (χ4v) is 5.43. The first-order chi connectivity index (χ1) is 12.3. The number of rotatable bonds is 5. The van der Waals surface area contributed by atoms with Gasteiger partial charge in [-0.2, -0.15) is 0 Å². The first-order valence-corrected chi connectivity index (χ1v) is 10.5. The van der Waals surface area contributed by atoms with Crippen LogP contribution in [0.2, 0.25) is 0 Å². The van der Waals surface area contributed by atoms with Crippen molar-refractivity contribution < 1.29 is 22.3 Å². The predicted octanol–water partition coefficient (Wildman–Crippen LogP) is 1.81. The fourth-order valence-electron chi connectivity index (χ4n) is 2.73. The molecule has 1 aliphatic rings. The molecule has 0 spiro atoms. The minimum Gasteiger partial charge on any atom is -0.378 e. The molecule has 0 saturated carbocycles. The number of urea groups is 1. The molecule has 1 aromatic carbocycles. The van der Waals surface area contributed by atoms with E-state index in [4.69, 9.17) is 4.74 Å². The molecule has 2 amide bonds. The van der Waals surface area contributed by atoms with Gasteiger partial charge in [0.1, 0.15) is 5.82 Å². The van der Waals surface area contributed by atoms with E-state index < -0.39 is 28.0 Å². The van der Waals surface area contributed by atoms with Crippen molar-refractivity contribution in [3.63, 3.8) is 0 Å². The number of anilines is 1. The van der Waals surface area contributed by atoms with E-state index in [0.29, 0.717) is 11.6 Å². The Morgan fingerprint density at radius 3 is 2.77 bits per heavy atom. The van der Waals surface area contributed by atoms with Gasteiger partial charge in [-0.15, -0.1) is 11.3 Å². The summed E-state index contributed by atoms with van der Waals surface area (Å²) in [5, 5.41) is 5.62. The molecule has 1 aliphatic heterocycles. The third-order valence-electron chi connectivity index (χ3n) is 3.99. The van der Waals surface area contributed by atoms with Crippen LogP contribution in [0.25, 0.3) is 0 Å². The Hall–Kier alpha value is -2.04. The highest BCUT2D eigenvalue weighted by Gasteiger charge is 2.38. The second-order valence-electron chi connectivity index (χ2n) is 5.99. The number of nitrogens with zero attached hydrogens (tertiary/aromatic N) is 1. The van der Waals surface area contributed by atoms with Gasteiger partial charge in [0, 0.05) is 24.6 Å². The van der Waals surface area contributed by atoms with Crippen molar-refractivity contribution in [1.82, 2.24) is 10.3 Å². The Balaban J connectivity index is 1.57. The minimum atomic E-state index is -3.22. The number of methoxy groups -OCH3 is 1. The number of carbonyl (C=O) groups excluding carboxylic acids is 1. The molecular weight excluding hydrogens is 381 g/mol. The second-order valence-corrected chi connectivity index (χ2v) is 9.26. The SMILES string of the molecule is COC1CS(=O)(=O)CC1NC(=O)Nc1ncc(Cc2ccc(F)cc2)s1. The quantitative estimate of drug-likeness (QED) is 0.799. The molecule has 7 nitrogen and oxygen atoms in total. The summed E-state index contributed by atoms with van der Waals surface area (Å²) in [5.41, 5.74) is 0.935. The predicted molar refractivity (Wildman–Crippen MR) is 96.7 cm³/mol. The summed E-state index contributed by atoms with van der Waals surface area (Å²) in [4.78, 5) is 17.1. The van der Waals surface area contributed by atoms with E-state index in [1.165, 1.54) is 30.6 Å². The van der Waals surface area contributed by atoms with Crippen LogP contribution in [0.3, 0.4) is 0 Å². The molecule has 2 aromatic rings. The fraction of sp³-hybridized carbons (Fsp3) is 0.375. The van der Waals surface area contributed by atoms with Gasteiger partial charge in [-0.1, -0.05) is 12.1 Å². The molecule has 3 rings (SSSR count). The third-order valence-corrected chi connectivity index (χ3v) is 6.60. The second kappa shape index (κ2) is 7.68. The standard InChI is InChI=1S/C16H18FN3O4S2/c1-24-14-9-26(22,23)8-13(14)19-15(21)20-16-18-7-12(25-16)6-10-2-4-11(17)5-3-10/h2-5,7,13-14H,6,8-9H2,1H3,(H2,18,19,20,21). The topological polar surface area (TPSA) is 97.4 Å². The van der Waals surface area contributed by atoms with Gasteiger partial charge in [-0.25, -0.2) is 22.6 Å². The van der Waals surface area contributed by atoms with Gasteiger partial charge in [0.25, 0.3) is 0 Å². The monoisotopic (exact) mass is 399 g/mol. The van der Waals surface area contributed by atoms with Gasteiger partial charge in [0.15, 0.2) is 15.0 Å². The molecule has 10 heteroatoms. The van der Waals surface area contributed by atoms with Crippen LogP contribution in [-0.2, 0) is 21.0 Å². The van der Waals surface area contributed by atoms with Crippen molar-refractivity contribution in [1.29, 1.82) is 0 Å². The lowest BCUT2D eigenvalue weighted by Crippen LogP contribution is -2.45. The zero-order chi connectivity index (χ0) is 18.7. The van der Waals surface area contributed by atoms with Crippen LogP contribution in [-0.4, -0.2) is 50.2 Å². The van der Waals surface area contributed by atoms with Gasteiger partial charge in [0.05, 0.1) is 23.7 Å². The van der Waals surface area contributed by atoms with E-state index in [9.17, 15) is 17.6 Å². The smallest absolute Gasteiger partial charge is 0.321 e. The van der Waals surface area contributed by atoms with E-state index in [1.54, 1.807) is 18.3 Å². The van der Waals surface area contributed by atoms with Crippen LogP contribution in [0.4, 0.5) is 14.3 Å². The van der Waals surface area contributed by atoms with Crippen molar-refractivity contribution in [3.8, 4) is 0 Å². The van der Waals surface area contributed by atoms with E-state index in [1.807, 2.05) is 0 Å². The summed E-state index contributed by atoms with van der Waals surface area (Å²) >= 11 is 1.30. The van der Waals surface area contributed by atoms with Crippen molar-refractivity contribution in [2.24, 2.45) is 0 Å². The Morgan fingerprint density at radius 1 is 1.35 bits per heavy atom. The first-order valence-electron chi connectivity index (χ1n) is 7.84. The van der Waals surface area contributed by atoms with Crippen molar-refractivity contribution in [2.75, 3.05) is 23.9 Å². The van der Waals surface area contributed by atoms with Gasteiger partial charge in [-0.3, -0.25) is 5.32 Å². The van der Waals surface area contributed by atoms with Crippen molar-refractivity contribution in [3.05, 3.63) is 46.7 Å². The molecule has 2 atom stereocenters. The summed E-state index contributed by atoms with van der Waals surface area (Å²) in [7, 11) is -1.80. The molecule has 0 aliphatic carbocycles. The molecule has 1 fully saturated rings. The van der Waals surface area contributed by atoms with Crippen molar-refractivity contribution >= 4 is 32.3 Å². The number of ether oxygens (including phenoxy) is 1. The van der Waals surface area contributed by atoms with Gasteiger partial charge in [-0.05, 0) is 17.7 Å². The van der Waals surface area contributed by atoms with Gasteiger partial charge < -0.3 is 10.1 Å². The number of amides is 2. The van der Waals surface area contributed by atoms with Gasteiger partial charge in [0.2, 0.25) is 0 Å². The van der Waals surface area contributed by atoms with Crippen molar-refractivity contribution in [2.45, 2.75) is 18.6 Å². The number of benzene rings is 1.